The maximum atomic E-state index is 13.1. The van der Waals surface area contributed by atoms with Crippen molar-refractivity contribution in [3.63, 3.8) is 0 Å². The van der Waals surface area contributed by atoms with Crippen molar-refractivity contribution >= 4 is 39.5 Å². The van der Waals surface area contributed by atoms with Gasteiger partial charge in [-0.3, -0.25) is 37.3 Å². The molecule has 0 amide bonds. The Labute approximate surface area is 588 Å². The molecule has 0 saturated heterocycles. The van der Waals surface area contributed by atoms with Gasteiger partial charge < -0.3 is 33.8 Å². The maximum absolute atomic E-state index is 13.1. The van der Waals surface area contributed by atoms with E-state index in [0.29, 0.717) is 25.7 Å². The first-order valence-electron chi connectivity index (χ1n) is 39.8. The van der Waals surface area contributed by atoms with E-state index in [1.807, 2.05) is 0 Å². The molecule has 0 aliphatic carbocycles. The van der Waals surface area contributed by atoms with E-state index in [9.17, 15) is 43.2 Å². The number of carbonyl (C=O) groups excluding carboxylic acids is 4. The molecule has 17 nitrogen and oxygen atoms in total. The molecule has 0 aromatic carbocycles. The maximum Gasteiger partial charge on any atom is 0.472 e. The van der Waals surface area contributed by atoms with Gasteiger partial charge >= 0.3 is 39.5 Å². The predicted octanol–water partition coefficient (Wildman–Crippen LogP) is 22.4. The number of phosphoric ester groups is 2. The molecule has 570 valence electrons. The Kier molecular flexibility index (Phi) is 65.0. The zero-order chi connectivity index (χ0) is 71.0. The van der Waals surface area contributed by atoms with E-state index in [1.54, 1.807) is 0 Å². The summed E-state index contributed by atoms with van der Waals surface area (Å²) in [6.45, 7) is 14.2. The normalized spacial score (nSPS) is 14.7. The molecule has 3 N–H and O–H groups in total. The Balaban J connectivity index is 5.19. The van der Waals surface area contributed by atoms with Crippen molar-refractivity contribution in [3.05, 3.63) is 0 Å². The predicted molar refractivity (Wildman–Crippen MR) is 391 cm³/mol. The van der Waals surface area contributed by atoms with Gasteiger partial charge in [-0.05, 0) is 49.4 Å². The van der Waals surface area contributed by atoms with Crippen molar-refractivity contribution in [1.29, 1.82) is 0 Å². The second-order valence-electron chi connectivity index (χ2n) is 29.2. The summed E-state index contributed by atoms with van der Waals surface area (Å²) in [5, 5.41) is 10.6. The largest absolute Gasteiger partial charge is 0.472 e. The van der Waals surface area contributed by atoms with Crippen LogP contribution in [0, 0.1) is 23.7 Å². The molecule has 0 aromatic heterocycles. The zero-order valence-corrected chi connectivity index (χ0v) is 64.8. The topological polar surface area (TPSA) is 237 Å². The Hall–Kier alpha value is -1.94. The molecule has 5 unspecified atom stereocenters. The van der Waals surface area contributed by atoms with Gasteiger partial charge in [0.15, 0.2) is 12.2 Å². The van der Waals surface area contributed by atoms with Gasteiger partial charge in [0.2, 0.25) is 0 Å². The van der Waals surface area contributed by atoms with E-state index < -0.39 is 97.5 Å². The van der Waals surface area contributed by atoms with Crippen molar-refractivity contribution < 1.29 is 80.2 Å². The molecule has 0 aliphatic heterocycles. The summed E-state index contributed by atoms with van der Waals surface area (Å²) in [7, 11) is -9.91. The number of aliphatic hydroxyl groups is 1. The van der Waals surface area contributed by atoms with Crippen LogP contribution in [0.25, 0.3) is 0 Å². The summed E-state index contributed by atoms with van der Waals surface area (Å²) in [5.74, 6) is 0.970. The summed E-state index contributed by atoms with van der Waals surface area (Å²) in [6.07, 6.45) is 51.5. The number of hydrogen-bond acceptors (Lipinski definition) is 15. The first-order chi connectivity index (χ1) is 46.2. The Bertz CT molecular complexity index is 1890. The van der Waals surface area contributed by atoms with Crippen LogP contribution in [0.15, 0.2) is 0 Å². The number of hydrogen-bond donors (Lipinski definition) is 3. The third-order valence-electron chi connectivity index (χ3n) is 18.5. The highest BCUT2D eigenvalue weighted by molar-refractivity contribution is 7.47. The SMILES string of the molecule is CCC(C)CCCCCCCCCCCCCCCCCCCCC(=O)O[C@H](COC(=O)CCCCCCCCCCC(C)C)COP(=O)(O)OCC(O)COP(=O)(O)OC[C@@H](COC(=O)CCCCCCCCCCC(C)C)OC(=O)CCCCCCCCCCC(C)CC. The third kappa shape index (κ3) is 67.9. The van der Waals surface area contributed by atoms with E-state index in [1.165, 1.54) is 193 Å². The Morgan fingerprint density at radius 2 is 0.500 bits per heavy atom. The fourth-order valence-corrected chi connectivity index (χ4v) is 13.2. The van der Waals surface area contributed by atoms with Crippen LogP contribution in [0.2, 0.25) is 0 Å². The minimum Gasteiger partial charge on any atom is -0.462 e. The first-order valence-corrected chi connectivity index (χ1v) is 42.8. The van der Waals surface area contributed by atoms with E-state index in [2.05, 4.69) is 55.4 Å². The van der Waals surface area contributed by atoms with Crippen molar-refractivity contribution in [3.8, 4) is 0 Å². The standard InChI is InChI=1S/C77H150O17P2/c1-9-69(7)55-47-39-31-21-19-17-15-13-11-12-14-16-18-20-22-35-43-51-59-76(81)93-72(63-87-74(79)57-49-41-33-26-23-29-37-45-53-67(3)4)65-91-95(83,84)89-61-71(78)62-90-96(85,86)92-66-73(64-88-75(80)58-50-42-34-27-24-30-38-46-54-68(5)6)94-77(82)60-52-44-36-28-25-32-40-48-56-70(8)10-2/h67-73,78H,9-66H2,1-8H3,(H,83,84)(H,85,86)/t69?,70?,71?,72-,73-/m1/s1. The Morgan fingerprint density at radius 3 is 0.740 bits per heavy atom. The molecule has 19 heteroatoms. The number of ether oxygens (including phenoxy) is 4. The lowest BCUT2D eigenvalue weighted by Gasteiger charge is -2.21. The summed E-state index contributed by atoms with van der Waals surface area (Å²) in [5.41, 5.74) is 0. The van der Waals surface area contributed by atoms with E-state index in [4.69, 9.17) is 37.0 Å². The number of rotatable bonds is 74. The Morgan fingerprint density at radius 1 is 0.292 bits per heavy atom. The third-order valence-corrected chi connectivity index (χ3v) is 20.4. The molecular weight excluding hydrogens is 1260 g/mol. The fourth-order valence-electron chi connectivity index (χ4n) is 11.7. The first kappa shape index (κ1) is 94.1. The lowest BCUT2D eigenvalue weighted by Crippen LogP contribution is -2.30. The van der Waals surface area contributed by atoms with Crippen LogP contribution in [-0.4, -0.2) is 96.7 Å². The van der Waals surface area contributed by atoms with Gasteiger partial charge in [0, 0.05) is 25.7 Å². The van der Waals surface area contributed by atoms with Gasteiger partial charge in [-0.1, -0.05) is 338 Å². The average Bonchev–Trinajstić information content (AvgIpc) is 1.16. The summed E-state index contributed by atoms with van der Waals surface area (Å²) in [6, 6.07) is 0. The highest BCUT2D eigenvalue weighted by Crippen LogP contribution is 2.45. The van der Waals surface area contributed by atoms with Crippen molar-refractivity contribution in [2.45, 2.75) is 408 Å². The lowest BCUT2D eigenvalue weighted by atomic mass is 9.99. The summed E-state index contributed by atoms with van der Waals surface area (Å²) in [4.78, 5) is 72.8. The number of aliphatic hydroxyl groups excluding tert-OH is 1. The van der Waals surface area contributed by atoms with Crippen LogP contribution in [0.1, 0.15) is 389 Å². The van der Waals surface area contributed by atoms with Gasteiger partial charge in [-0.25, -0.2) is 9.13 Å². The fraction of sp³-hybridized carbons (Fsp3) is 0.948. The van der Waals surface area contributed by atoms with Crippen LogP contribution in [-0.2, 0) is 65.4 Å². The molecular formula is C77H150O17P2. The minimum absolute atomic E-state index is 0.104. The molecule has 0 bridgehead atoms. The van der Waals surface area contributed by atoms with Gasteiger partial charge in [-0.2, -0.15) is 0 Å². The van der Waals surface area contributed by atoms with E-state index in [-0.39, 0.29) is 25.7 Å². The van der Waals surface area contributed by atoms with Crippen LogP contribution >= 0.6 is 15.6 Å². The quantitative estimate of drug-likeness (QED) is 0.0222. The minimum atomic E-state index is -4.96. The number of carbonyl (C=O) groups is 4. The molecule has 0 aliphatic rings. The number of unbranched alkanes of at least 4 members (excludes halogenated alkanes) is 38. The zero-order valence-electron chi connectivity index (χ0n) is 63.0. The smallest absolute Gasteiger partial charge is 0.462 e. The van der Waals surface area contributed by atoms with Crippen LogP contribution in [0.4, 0.5) is 0 Å². The highest BCUT2D eigenvalue weighted by Gasteiger charge is 2.30. The van der Waals surface area contributed by atoms with E-state index in [0.717, 1.165) is 114 Å². The van der Waals surface area contributed by atoms with Gasteiger partial charge in [-0.15, -0.1) is 0 Å². The second kappa shape index (κ2) is 66.3. The molecule has 0 saturated carbocycles. The average molecular weight is 1410 g/mol. The van der Waals surface area contributed by atoms with Crippen molar-refractivity contribution in [2.24, 2.45) is 23.7 Å². The second-order valence-corrected chi connectivity index (χ2v) is 32.1. The molecule has 0 fully saturated rings. The van der Waals surface area contributed by atoms with Crippen LogP contribution < -0.4 is 0 Å². The van der Waals surface area contributed by atoms with Crippen molar-refractivity contribution in [1.82, 2.24) is 0 Å². The van der Waals surface area contributed by atoms with Crippen molar-refractivity contribution in [2.75, 3.05) is 39.6 Å². The summed E-state index contributed by atoms with van der Waals surface area (Å²) < 4.78 is 68.5. The monoisotopic (exact) mass is 1410 g/mol. The molecule has 0 heterocycles. The highest BCUT2D eigenvalue weighted by atomic mass is 31.2. The van der Waals surface area contributed by atoms with Crippen LogP contribution in [0.3, 0.4) is 0 Å². The molecule has 0 aromatic rings. The molecule has 0 rings (SSSR count). The number of phosphoric acid groups is 2. The van der Waals surface area contributed by atoms with Crippen LogP contribution in [0.5, 0.6) is 0 Å². The summed E-state index contributed by atoms with van der Waals surface area (Å²) >= 11 is 0. The van der Waals surface area contributed by atoms with Gasteiger partial charge in [0.05, 0.1) is 26.4 Å². The molecule has 0 spiro atoms. The van der Waals surface area contributed by atoms with Gasteiger partial charge in [0.1, 0.15) is 19.3 Å². The number of esters is 4. The molecule has 0 radical (unpaired) electrons. The lowest BCUT2D eigenvalue weighted by molar-refractivity contribution is -0.161. The molecule has 7 atom stereocenters. The van der Waals surface area contributed by atoms with E-state index >= 15 is 0 Å². The molecule has 96 heavy (non-hydrogen) atoms. The van der Waals surface area contributed by atoms with Gasteiger partial charge in [0.25, 0.3) is 0 Å².